The van der Waals surface area contributed by atoms with Gasteiger partial charge >= 0.3 is 0 Å². The van der Waals surface area contributed by atoms with Crippen molar-refractivity contribution in [2.24, 2.45) is 5.92 Å². The van der Waals surface area contributed by atoms with Crippen LogP contribution in [-0.4, -0.2) is 23.4 Å². The van der Waals surface area contributed by atoms with Crippen LogP contribution in [0.5, 0.6) is 0 Å². The maximum Gasteiger partial charge on any atom is 0.241 e. The maximum atomic E-state index is 12.6. The van der Waals surface area contributed by atoms with Crippen LogP contribution in [0, 0.1) is 12.8 Å². The number of hydrogen-bond donors (Lipinski definition) is 1. The molecule has 20 heavy (non-hydrogen) atoms. The smallest absolute Gasteiger partial charge is 0.241 e. The molecule has 1 aromatic carbocycles. The molecule has 3 heteroatoms. The summed E-state index contributed by atoms with van der Waals surface area (Å²) >= 11 is 0. The summed E-state index contributed by atoms with van der Waals surface area (Å²) in [6.45, 7) is 9.36. The van der Waals surface area contributed by atoms with Gasteiger partial charge in [0.2, 0.25) is 5.91 Å². The van der Waals surface area contributed by atoms with E-state index in [0.717, 1.165) is 19.4 Å². The molecule has 1 aliphatic heterocycles. The van der Waals surface area contributed by atoms with Gasteiger partial charge in [0.05, 0.1) is 6.04 Å². The van der Waals surface area contributed by atoms with Crippen LogP contribution >= 0.6 is 0 Å². The summed E-state index contributed by atoms with van der Waals surface area (Å²) in [5.41, 5.74) is 2.43. The van der Waals surface area contributed by atoms with Crippen LogP contribution in [0.15, 0.2) is 24.3 Å². The molecule has 2 unspecified atom stereocenters. The number of amides is 1. The van der Waals surface area contributed by atoms with Crippen LogP contribution in [0.1, 0.15) is 50.9 Å². The fraction of sp³-hybridized carbons (Fsp3) is 0.588. The molecular weight excluding hydrogens is 248 g/mol. The Kier molecular flexibility index (Phi) is 4.81. The highest BCUT2D eigenvalue weighted by Crippen LogP contribution is 2.28. The minimum absolute atomic E-state index is 0.0334. The van der Waals surface area contributed by atoms with Gasteiger partial charge in [-0.15, -0.1) is 0 Å². The molecule has 1 N–H and O–H groups in total. The minimum Gasteiger partial charge on any atom is -0.322 e. The number of carbonyl (C=O) groups is 1. The van der Waals surface area contributed by atoms with E-state index in [9.17, 15) is 4.79 Å². The molecular formula is C17H26N2O. The number of nitrogens with one attached hydrogen (secondary N) is 1. The molecule has 1 aromatic rings. The molecule has 1 fully saturated rings. The van der Waals surface area contributed by atoms with Gasteiger partial charge in [0.25, 0.3) is 0 Å². The molecule has 0 spiro atoms. The SMILES string of the molecule is CCCN1C(=O)C(CC(C)C)NC1c1cccc(C)c1. The third kappa shape index (κ3) is 3.21. The third-order valence-electron chi connectivity index (χ3n) is 3.78. The Hall–Kier alpha value is -1.35. The standard InChI is InChI=1S/C17H26N2O/c1-5-9-19-16(14-8-6-7-13(4)11-14)18-15(17(19)20)10-12(2)3/h6-8,11-12,15-16,18H,5,9-10H2,1-4H3. The maximum absolute atomic E-state index is 12.6. The topological polar surface area (TPSA) is 32.3 Å². The van der Waals surface area contributed by atoms with Crippen molar-refractivity contribution in [3.8, 4) is 0 Å². The predicted molar refractivity (Wildman–Crippen MR) is 82.3 cm³/mol. The molecule has 1 amide bonds. The number of aryl methyl sites for hydroxylation is 1. The molecule has 110 valence electrons. The molecule has 0 radical (unpaired) electrons. The second kappa shape index (κ2) is 6.40. The van der Waals surface area contributed by atoms with Crippen molar-refractivity contribution in [3.05, 3.63) is 35.4 Å². The van der Waals surface area contributed by atoms with Crippen molar-refractivity contribution in [2.75, 3.05) is 6.54 Å². The summed E-state index contributed by atoms with van der Waals surface area (Å²) in [5.74, 6) is 0.781. The zero-order chi connectivity index (χ0) is 14.7. The Balaban J connectivity index is 2.23. The molecule has 0 aliphatic carbocycles. The van der Waals surface area contributed by atoms with E-state index in [1.165, 1.54) is 11.1 Å². The molecule has 1 aliphatic rings. The van der Waals surface area contributed by atoms with Crippen LogP contribution in [-0.2, 0) is 4.79 Å². The van der Waals surface area contributed by atoms with Crippen LogP contribution in [0.25, 0.3) is 0 Å². The highest BCUT2D eigenvalue weighted by atomic mass is 16.2. The Morgan fingerprint density at radius 1 is 1.35 bits per heavy atom. The van der Waals surface area contributed by atoms with Gasteiger partial charge in [-0.25, -0.2) is 0 Å². The van der Waals surface area contributed by atoms with Crippen molar-refractivity contribution in [3.63, 3.8) is 0 Å². The molecule has 0 saturated carbocycles. The van der Waals surface area contributed by atoms with E-state index in [1.54, 1.807) is 0 Å². The zero-order valence-corrected chi connectivity index (χ0v) is 13.0. The first-order chi connectivity index (χ1) is 9.52. The quantitative estimate of drug-likeness (QED) is 0.894. The fourth-order valence-corrected chi connectivity index (χ4v) is 2.92. The lowest BCUT2D eigenvalue weighted by Gasteiger charge is -2.24. The van der Waals surface area contributed by atoms with E-state index in [4.69, 9.17) is 0 Å². The highest BCUT2D eigenvalue weighted by Gasteiger charge is 2.38. The van der Waals surface area contributed by atoms with Gasteiger partial charge in [0.15, 0.2) is 0 Å². The van der Waals surface area contributed by atoms with Crippen LogP contribution in [0.4, 0.5) is 0 Å². The van der Waals surface area contributed by atoms with Crippen molar-refractivity contribution in [2.45, 2.75) is 52.7 Å². The van der Waals surface area contributed by atoms with E-state index in [0.29, 0.717) is 5.92 Å². The monoisotopic (exact) mass is 274 g/mol. The molecule has 1 saturated heterocycles. The number of carbonyl (C=O) groups excluding carboxylic acids is 1. The lowest BCUT2D eigenvalue weighted by atomic mass is 10.0. The van der Waals surface area contributed by atoms with Gasteiger partial charge in [0, 0.05) is 6.54 Å². The van der Waals surface area contributed by atoms with Gasteiger partial charge in [-0.3, -0.25) is 10.1 Å². The Morgan fingerprint density at radius 2 is 2.10 bits per heavy atom. The van der Waals surface area contributed by atoms with Gasteiger partial charge in [-0.2, -0.15) is 0 Å². The first kappa shape index (κ1) is 15.0. The van der Waals surface area contributed by atoms with E-state index in [1.807, 2.05) is 4.90 Å². The number of nitrogens with zero attached hydrogens (tertiary/aromatic N) is 1. The van der Waals surface area contributed by atoms with Crippen molar-refractivity contribution < 1.29 is 4.79 Å². The molecule has 0 bridgehead atoms. The van der Waals surface area contributed by atoms with Gasteiger partial charge in [0.1, 0.15) is 6.17 Å². The summed E-state index contributed by atoms with van der Waals surface area (Å²) in [6.07, 6.45) is 1.93. The Bertz CT molecular complexity index is 470. The van der Waals surface area contributed by atoms with E-state index in [2.05, 4.69) is 57.3 Å². The van der Waals surface area contributed by atoms with Crippen LogP contribution in [0.3, 0.4) is 0 Å². The van der Waals surface area contributed by atoms with Gasteiger partial charge < -0.3 is 4.90 Å². The Labute approximate surface area is 122 Å². The van der Waals surface area contributed by atoms with E-state index >= 15 is 0 Å². The van der Waals surface area contributed by atoms with Crippen LogP contribution < -0.4 is 5.32 Å². The summed E-state index contributed by atoms with van der Waals surface area (Å²) in [7, 11) is 0. The van der Waals surface area contributed by atoms with Gasteiger partial charge in [-0.1, -0.05) is 50.6 Å². The zero-order valence-electron chi connectivity index (χ0n) is 13.0. The van der Waals surface area contributed by atoms with Crippen molar-refractivity contribution in [1.82, 2.24) is 10.2 Å². The number of rotatable bonds is 5. The van der Waals surface area contributed by atoms with Crippen molar-refractivity contribution in [1.29, 1.82) is 0 Å². The first-order valence-corrected chi connectivity index (χ1v) is 7.66. The first-order valence-electron chi connectivity index (χ1n) is 7.66. The summed E-state index contributed by atoms with van der Waals surface area (Å²) in [5, 5.41) is 3.53. The molecule has 0 aromatic heterocycles. The number of hydrogen-bond acceptors (Lipinski definition) is 2. The second-order valence-corrected chi connectivity index (χ2v) is 6.20. The molecule has 2 rings (SSSR count). The lowest BCUT2D eigenvalue weighted by Crippen LogP contribution is -2.32. The average Bonchev–Trinajstić information content (AvgIpc) is 2.68. The number of benzene rings is 1. The summed E-state index contributed by atoms with van der Waals surface area (Å²) in [6, 6.07) is 8.41. The summed E-state index contributed by atoms with van der Waals surface area (Å²) in [4.78, 5) is 14.6. The minimum atomic E-state index is -0.0351. The predicted octanol–water partition coefficient (Wildman–Crippen LogP) is 3.25. The van der Waals surface area contributed by atoms with E-state index in [-0.39, 0.29) is 18.1 Å². The van der Waals surface area contributed by atoms with E-state index < -0.39 is 0 Å². The normalized spacial score (nSPS) is 22.9. The highest BCUT2D eigenvalue weighted by molar-refractivity contribution is 5.84. The fourth-order valence-electron chi connectivity index (χ4n) is 2.92. The lowest BCUT2D eigenvalue weighted by molar-refractivity contribution is -0.130. The molecule has 1 heterocycles. The Morgan fingerprint density at radius 3 is 2.70 bits per heavy atom. The third-order valence-corrected chi connectivity index (χ3v) is 3.78. The van der Waals surface area contributed by atoms with Gasteiger partial charge in [-0.05, 0) is 31.2 Å². The van der Waals surface area contributed by atoms with Crippen LogP contribution in [0.2, 0.25) is 0 Å². The summed E-state index contributed by atoms with van der Waals surface area (Å²) < 4.78 is 0. The van der Waals surface area contributed by atoms with Crippen molar-refractivity contribution >= 4 is 5.91 Å². The molecule has 2 atom stereocenters. The second-order valence-electron chi connectivity index (χ2n) is 6.20. The largest absolute Gasteiger partial charge is 0.322 e. The molecule has 3 nitrogen and oxygen atoms in total. The average molecular weight is 274 g/mol.